The lowest BCUT2D eigenvalue weighted by atomic mass is 10.1. The lowest BCUT2D eigenvalue weighted by molar-refractivity contribution is -0.495. The van der Waals surface area contributed by atoms with Crippen LogP contribution in [-0.4, -0.2) is 59.5 Å². The molecule has 0 bridgehead atoms. The van der Waals surface area contributed by atoms with Crippen LogP contribution in [-0.2, 0) is 11.5 Å². The Hall–Kier alpha value is -2.57. The van der Waals surface area contributed by atoms with Crippen molar-refractivity contribution in [2.45, 2.75) is 38.4 Å². The van der Waals surface area contributed by atoms with Crippen LogP contribution in [0.5, 0.6) is 0 Å². The number of imidazole rings is 1. The van der Waals surface area contributed by atoms with Gasteiger partial charge in [-0.15, -0.1) is 0 Å². The van der Waals surface area contributed by atoms with Gasteiger partial charge >= 0.3 is 0 Å². The molecule has 0 aliphatic rings. The van der Waals surface area contributed by atoms with E-state index in [4.69, 9.17) is 10.5 Å². The number of fused-ring (bicyclic) bond motifs is 1. The van der Waals surface area contributed by atoms with E-state index < -0.39 is 35.3 Å². The summed E-state index contributed by atoms with van der Waals surface area (Å²) in [5.74, 6) is -0.113. The fraction of sp³-hybridized carbons (Fsp3) is 0.583. The van der Waals surface area contributed by atoms with Gasteiger partial charge in [0.15, 0.2) is 17.3 Å². The molecular weight excluding hydrogens is 324 g/mol. The van der Waals surface area contributed by atoms with E-state index in [2.05, 4.69) is 15.0 Å². The van der Waals surface area contributed by atoms with Crippen molar-refractivity contribution in [1.29, 1.82) is 0 Å². The van der Waals surface area contributed by atoms with E-state index in [0.29, 0.717) is 0 Å². The number of aliphatic hydroxyl groups is 2. The summed E-state index contributed by atoms with van der Waals surface area (Å²) in [7, 11) is 0. The lowest BCUT2D eigenvalue weighted by Crippen LogP contribution is -2.43. The Morgan fingerprint density at radius 3 is 2.88 bits per heavy atom. The van der Waals surface area contributed by atoms with Crippen LogP contribution in [0.25, 0.3) is 11.2 Å². The number of hydrogen-bond donors (Lipinski definition) is 4. The monoisotopic (exact) mass is 342 g/mol. The number of aromatic amines is 1. The fourth-order valence-corrected chi connectivity index (χ4v) is 2.14. The van der Waals surface area contributed by atoms with Crippen LogP contribution in [0.4, 0.5) is 5.95 Å². The van der Waals surface area contributed by atoms with Crippen LogP contribution in [0, 0.1) is 10.1 Å². The molecule has 12 heteroatoms. The maximum Gasteiger partial charge on any atom is 0.280 e. The topological polar surface area (TPSA) is 182 Å². The molecule has 0 saturated carbocycles. The highest BCUT2D eigenvalue weighted by Crippen LogP contribution is 2.12. The number of hydrogen-bond acceptors (Lipinski definition) is 9. The zero-order valence-electron chi connectivity index (χ0n) is 12.8. The summed E-state index contributed by atoms with van der Waals surface area (Å²) in [5, 5.41) is 30.4. The number of anilines is 1. The molecule has 0 saturated heterocycles. The Kier molecular flexibility index (Phi) is 5.43. The third kappa shape index (κ3) is 3.84. The standard InChI is InChI=1S/C12H18N6O6/c1-2-6(19)9(20)7(3-18(22)23)24-5-17-4-14-8-10(17)15-12(13)16-11(8)21/h4,6-7,9,19-20H,2-3,5H2,1H3,(H3,13,15,16,21)/t6?,7-,9?/m1/s1. The summed E-state index contributed by atoms with van der Waals surface area (Å²) in [4.78, 5) is 31.8. The van der Waals surface area contributed by atoms with Crippen molar-refractivity contribution < 1.29 is 19.9 Å². The van der Waals surface area contributed by atoms with E-state index in [9.17, 15) is 25.1 Å². The van der Waals surface area contributed by atoms with Gasteiger partial charge in [-0.25, -0.2) is 4.98 Å². The Bertz CT molecular complexity index is 773. The average Bonchev–Trinajstić information content (AvgIpc) is 2.92. The molecule has 0 amide bonds. The van der Waals surface area contributed by atoms with E-state index in [1.54, 1.807) is 6.92 Å². The Labute approximate surface area is 135 Å². The van der Waals surface area contributed by atoms with Gasteiger partial charge in [0.2, 0.25) is 12.5 Å². The second-order valence-electron chi connectivity index (χ2n) is 5.15. The molecule has 132 valence electrons. The van der Waals surface area contributed by atoms with Gasteiger partial charge in [0.25, 0.3) is 5.56 Å². The molecule has 0 radical (unpaired) electrons. The highest BCUT2D eigenvalue weighted by Gasteiger charge is 2.30. The number of rotatable bonds is 8. The molecule has 2 aromatic heterocycles. The predicted octanol–water partition coefficient (Wildman–Crippen LogP) is -1.55. The first-order chi connectivity index (χ1) is 11.3. The fourth-order valence-electron chi connectivity index (χ4n) is 2.14. The number of ether oxygens (including phenoxy) is 1. The molecule has 2 aromatic rings. The van der Waals surface area contributed by atoms with Crippen LogP contribution in [0.1, 0.15) is 13.3 Å². The number of nitro groups is 1. The third-order valence-electron chi connectivity index (χ3n) is 3.44. The number of nitrogens with one attached hydrogen (secondary N) is 1. The molecule has 3 atom stereocenters. The minimum Gasteiger partial charge on any atom is -0.390 e. The summed E-state index contributed by atoms with van der Waals surface area (Å²) in [5.41, 5.74) is 5.12. The van der Waals surface area contributed by atoms with Gasteiger partial charge in [0.05, 0.1) is 12.4 Å². The molecule has 0 aromatic carbocycles. The van der Waals surface area contributed by atoms with Crippen molar-refractivity contribution >= 4 is 17.1 Å². The second kappa shape index (κ2) is 7.33. The largest absolute Gasteiger partial charge is 0.390 e. The number of aliphatic hydroxyl groups excluding tert-OH is 2. The van der Waals surface area contributed by atoms with E-state index in [-0.39, 0.29) is 30.3 Å². The van der Waals surface area contributed by atoms with Gasteiger partial charge < -0.3 is 20.7 Å². The maximum absolute atomic E-state index is 11.7. The molecule has 0 fully saturated rings. The molecule has 0 aliphatic heterocycles. The quantitative estimate of drug-likeness (QED) is 0.326. The van der Waals surface area contributed by atoms with Crippen molar-refractivity contribution in [3.8, 4) is 0 Å². The first-order valence-corrected chi connectivity index (χ1v) is 7.13. The predicted molar refractivity (Wildman–Crippen MR) is 81.6 cm³/mol. The van der Waals surface area contributed by atoms with Crippen LogP contribution in [0.3, 0.4) is 0 Å². The number of aromatic nitrogens is 4. The van der Waals surface area contributed by atoms with Gasteiger partial charge in [-0.3, -0.25) is 24.5 Å². The Morgan fingerprint density at radius 2 is 2.25 bits per heavy atom. The molecule has 12 nitrogen and oxygen atoms in total. The molecular formula is C12H18N6O6. The molecule has 5 N–H and O–H groups in total. The summed E-state index contributed by atoms with van der Waals surface area (Å²) >= 11 is 0. The zero-order valence-corrected chi connectivity index (χ0v) is 12.8. The molecule has 2 heterocycles. The molecule has 0 spiro atoms. The van der Waals surface area contributed by atoms with Crippen molar-refractivity contribution in [1.82, 2.24) is 19.5 Å². The van der Waals surface area contributed by atoms with E-state index in [1.807, 2.05) is 0 Å². The summed E-state index contributed by atoms with van der Waals surface area (Å²) in [6.45, 7) is 0.666. The van der Waals surface area contributed by atoms with Crippen molar-refractivity contribution in [3.05, 3.63) is 26.8 Å². The van der Waals surface area contributed by atoms with Gasteiger partial charge in [0.1, 0.15) is 12.8 Å². The number of nitrogen functional groups attached to an aromatic ring is 1. The van der Waals surface area contributed by atoms with E-state index in [1.165, 1.54) is 10.9 Å². The summed E-state index contributed by atoms with van der Waals surface area (Å²) in [6, 6.07) is 0. The zero-order chi connectivity index (χ0) is 17.9. The number of H-pyrrole nitrogens is 1. The van der Waals surface area contributed by atoms with Crippen LogP contribution in [0.15, 0.2) is 11.1 Å². The van der Waals surface area contributed by atoms with E-state index >= 15 is 0 Å². The number of nitrogens with zero attached hydrogens (tertiary/aromatic N) is 4. The minimum atomic E-state index is -1.43. The third-order valence-corrected chi connectivity index (χ3v) is 3.44. The molecule has 24 heavy (non-hydrogen) atoms. The van der Waals surface area contributed by atoms with Crippen molar-refractivity contribution in [2.24, 2.45) is 0 Å². The van der Waals surface area contributed by atoms with Gasteiger partial charge in [-0.05, 0) is 6.42 Å². The first kappa shape index (κ1) is 17.8. The smallest absolute Gasteiger partial charge is 0.280 e. The highest BCUT2D eigenvalue weighted by molar-refractivity contribution is 5.70. The van der Waals surface area contributed by atoms with Crippen molar-refractivity contribution in [3.63, 3.8) is 0 Å². The van der Waals surface area contributed by atoms with Gasteiger partial charge in [-0.2, -0.15) is 4.98 Å². The average molecular weight is 342 g/mol. The van der Waals surface area contributed by atoms with Crippen LogP contribution >= 0.6 is 0 Å². The van der Waals surface area contributed by atoms with Crippen LogP contribution < -0.4 is 11.3 Å². The number of nitrogens with two attached hydrogens (primary N) is 1. The second-order valence-corrected chi connectivity index (χ2v) is 5.15. The lowest BCUT2D eigenvalue weighted by Gasteiger charge is -2.23. The Morgan fingerprint density at radius 1 is 1.54 bits per heavy atom. The highest BCUT2D eigenvalue weighted by atomic mass is 16.6. The van der Waals surface area contributed by atoms with Crippen molar-refractivity contribution in [2.75, 3.05) is 12.3 Å². The molecule has 2 unspecified atom stereocenters. The normalized spacial score (nSPS) is 15.3. The first-order valence-electron chi connectivity index (χ1n) is 7.13. The van der Waals surface area contributed by atoms with Crippen LogP contribution in [0.2, 0.25) is 0 Å². The summed E-state index contributed by atoms with van der Waals surface area (Å²) < 4.78 is 6.67. The van der Waals surface area contributed by atoms with E-state index in [0.717, 1.165) is 0 Å². The van der Waals surface area contributed by atoms with Gasteiger partial charge in [0, 0.05) is 4.92 Å². The Balaban J connectivity index is 2.20. The molecule has 2 rings (SSSR count). The molecule has 0 aliphatic carbocycles. The summed E-state index contributed by atoms with van der Waals surface area (Å²) in [6.07, 6.45) is -2.37. The van der Waals surface area contributed by atoms with Gasteiger partial charge in [-0.1, -0.05) is 6.92 Å². The maximum atomic E-state index is 11.7. The SMILES string of the molecule is CCC(O)C(O)[C@@H](C[N+](=O)[O-])OCn1cnc2c(=O)[nH]c(N)nc21. The minimum absolute atomic E-state index is 0.0350.